The lowest BCUT2D eigenvalue weighted by Crippen LogP contribution is -2.48. The van der Waals surface area contributed by atoms with Crippen molar-refractivity contribution in [2.75, 3.05) is 31.7 Å². The molecular weight excluding hydrogens is 530 g/mol. The average Bonchev–Trinajstić information content (AvgIpc) is 3.33. The third-order valence-electron chi connectivity index (χ3n) is 6.08. The smallest absolute Gasteiger partial charge is 0.341 e. The van der Waals surface area contributed by atoms with Crippen molar-refractivity contribution >= 4 is 23.3 Å². The van der Waals surface area contributed by atoms with Gasteiger partial charge in [-0.05, 0) is 42.8 Å². The number of aromatic nitrogens is 2. The summed E-state index contributed by atoms with van der Waals surface area (Å²) in [7, 11) is 1.55. The summed E-state index contributed by atoms with van der Waals surface area (Å²) >= 11 is 6.19. The van der Waals surface area contributed by atoms with Crippen molar-refractivity contribution in [2.45, 2.75) is 38.3 Å². The summed E-state index contributed by atoms with van der Waals surface area (Å²) in [6.07, 6.45) is -2.94. The molecule has 0 bridgehead atoms. The fourth-order valence-corrected chi connectivity index (χ4v) is 4.57. The number of anilines is 1. The van der Waals surface area contributed by atoms with Crippen molar-refractivity contribution in [1.82, 2.24) is 9.78 Å². The summed E-state index contributed by atoms with van der Waals surface area (Å²) in [4.78, 5) is 13.5. The third kappa shape index (κ3) is 6.15. The topological polar surface area (TPSA) is 65.8 Å². The van der Waals surface area contributed by atoms with E-state index in [2.05, 4.69) is 5.10 Å². The van der Waals surface area contributed by atoms with E-state index in [-0.39, 0.29) is 25.4 Å². The Balaban J connectivity index is 1.63. The third-order valence-corrected chi connectivity index (χ3v) is 6.32. The molecule has 0 spiro atoms. The molecule has 1 fully saturated rings. The van der Waals surface area contributed by atoms with Crippen LogP contribution in [0.5, 0.6) is 11.5 Å². The molecule has 1 saturated heterocycles. The Labute approximate surface area is 221 Å². The van der Waals surface area contributed by atoms with E-state index in [1.807, 2.05) is 12.1 Å². The van der Waals surface area contributed by atoms with Crippen LogP contribution in [-0.2, 0) is 11.3 Å². The van der Waals surface area contributed by atoms with E-state index in [4.69, 9.17) is 25.8 Å². The van der Waals surface area contributed by atoms with E-state index in [1.54, 1.807) is 31.4 Å². The second-order valence-electron chi connectivity index (χ2n) is 8.75. The number of halogens is 5. The van der Waals surface area contributed by atoms with Gasteiger partial charge >= 0.3 is 5.97 Å². The van der Waals surface area contributed by atoms with Crippen LogP contribution in [0.3, 0.4) is 0 Å². The van der Waals surface area contributed by atoms with Crippen LogP contribution in [0.15, 0.2) is 48.7 Å². The Bertz CT molecular complexity index is 1270. The predicted molar refractivity (Wildman–Crippen MR) is 133 cm³/mol. The molecule has 0 saturated carbocycles. The molecule has 0 N–H and O–H groups in total. The van der Waals surface area contributed by atoms with Gasteiger partial charge in [0.25, 0.3) is 12.3 Å². The zero-order valence-corrected chi connectivity index (χ0v) is 21.4. The normalized spacial score (nSPS) is 16.9. The van der Waals surface area contributed by atoms with E-state index in [1.165, 1.54) is 17.9 Å². The zero-order chi connectivity index (χ0) is 27.4. The molecule has 0 amide bonds. The molecular formula is C26H26ClF4N3O4. The van der Waals surface area contributed by atoms with Crippen molar-refractivity contribution in [2.24, 2.45) is 0 Å². The lowest BCUT2D eigenvalue weighted by Gasteiger charge is -2.40. The number of esters is 1. The number of ether oxygens (including phenoxy) is 3. The molecule has 7 nitrogen and oxygen atoms in total. The van der Waals surface area contributed by atoms with Crippen molar-refractivity contribution in [1.29, 1.82) is 0 Å². The molecule has 1 atom stereocenters. The highest BCUT2D eigenvalue weighted by atomic mass is 35.5. The van der Waals surface area contributed by atoms with Crippen LogP contribution in [0.1, 0.15) is 47.4 Å². The number of methoxy groups -OCH3 is 1. The quantitative estimate of drug-likeness (QED) is 0.227. The molecule has 2 heterocycles. The fraction of sp³-hybridized carbons (Fsp3) is 0.385. The number of alkyl halides is 4. The van der Waals surface area contributed by atoms with Crippen LogP contribution in [0.25, 0.3) is 0 Å². The second kappa shape index (κ2) is 11.5. The number of piperidine rings is 1. The fourth-order valence-electron chi connectivity index (χ4n) is 4.41. The van der Waals surface area contributed by atoms with Gasteiger partial charge in [-0.15, -0.1) is 0 Å². The van der Waals surface area contributed by atoms with Gasteiger partial charge in [-0.25, -0.2) is 22.4 Å². The molecule has 2 aromatic carbocycles. The van der Waals surface area contributed by atoms with Crippen LogP contribution in [0.4, 0.5) is 23.2 Å². The number of carbonyl (C=O) groups excluding carboxylic acids is 1. The molecule has 4 rings (SSSR count). The number of carbonyl (C=O) groups is 1. The standard InChI is InChI=1S/C26H26ClF4N3O4/c1-3-37-25(35)20-12-32-34(23(20)24(28)29)18-11-26(30,31)15-33(13-18)21-10-17(27)6-9-22(21)38-14-16-4-7-19(36-2)8-5-16/h4-10,12,18,24H,3,11,13-15H2,1-2H3. The van der Waals surface area contributed by atoms with Crippen LogP contribution in [-0.4, -0.2) is 48.5 Å². The molecule has 0 aliphatic carbocycles. The van der Waals surface area contributed by atoms with Gasteiger partial charge in [-0.2, -0.15) is 5.10 Å². The van der Waals surface area contributed by atoms with Gasteiger partial charge < -0.3 is 19.1 Å². The largest absolute Gasteiger partial charge is 0.497 e. The van der Waals surface area contributed by atoms with Crippen LogP contribution < -0.4 is 14.4 Å². The first kappa shape index (κ1) is 27.6. The first-order chi connectivity index (χ1) is 18.1. The summed E-state index contributed by atoms with van der Waals surface area (Å²) < 4.78 is 74.7. The highest BCUT2D eigenvalue weighted by Crippen LogP contribution is 2.41. The summed E-state index contributed by atoms with van der Waals surface area (Å²) in [5, 5.41) is 4.19. The lowest BCUT2D eigenvalue weighted by molar-refractivity contribution is -0.0300. The lowest BCUT2D eigenvalue weighted by atomic mass is 10.0. The molecule has 1 unspecified atom stereocenters. The maximum atomic E-state index is 15.0. The van der Waals surface area contributed by atoms with Gasteiger partial charge in [0.05, 0.1) is 38.2 Å². The minimum atomic E-state index is -3.26. The first-order valence-electron chi connectivity index (χ1n) is 11.8. The Morgan fingerprint density at radius 3 is 2.61 bits per heavy atom. The second-order valence-corrected chi connectivity index (χ2v) is 9.19. The van der Waals surface area contributed by atoms with Crippen molar-refractivity contribution in [3.63, 3.8) is 0 Å². The monoisotopic (exact) mass is 555 g/mol. The molecule has 12 heteroatoms. The van der Waals surface area contributed by atoms with Gasteiger partial charge in [-0.1, -0.05) is 23.7 Å². The molecule has 1 aromatic heterocycles. The van der Waals surface area contributed by atoms with Crippen LogP contribution >= 0.6 is 11.6 Å². The van der Waals surface area contributed by atoms with Crippen LogP contribution in [0.2, 0.25) is 5.02 Å². The number of rotatable bonds is 9. The Hall–Kier alpha value is -3.47. The summed E-state index contributed by atoms with van der Waals surface area (Å²) in [6.45, 7) is 0.861. The minimum absolute atomic E-state index is 0.0317. The zero-order valence-electron chi connectivity index (χ0n) is 20.7. The van der Waals surface area contributed by atoms with Gasteiger partial charge in [-0.3, -0.25) is 4.68 Å². The molecule has 38 heavy (non-hydrogen) atoms. The summed E-state index contributed by atoms with van der Waals surface area (Å²) in [6, 6.07) is 10.6. The van der Waals surface area contributed by atoms with Gasteiger partial charge in [0.2, 0.25) is 0 Å². The summed E-state index contributed by atoms with van der Waals surface area (Å²) in [5.74, 6) is -3.27. The van der Waals surface area contributed by atoms with Gasteiger partial charge in [0, 0.05) is 18.0 Å². The van der Waals surface area contributed by atoms with E-state index < -0.39 is 48.6 Å². The van der Waals surface area contributed by atoms with E-state index in [0.29, 0.717) is 16.5 Å². The van der Waals surface area contributed by atoms with Crippen molar-refractivity contribution < 1.29 is 36.6 Å². The van der Waals surface area contributed by atoms with Gasteiger partial charge in [0.15, 0.2) is 0 Å². The Morgan fingerprint density at radius 1 is 1.21 bits per heavy atom. The average molecular weight is 556 g/mol. The highest BCUT2D eigenvalue weighted by molar-refractivity contribution is 6.30. The predicted octanol–water partition coefficient (Wildman–Crippen LogP) is 6.33. The molecule has 1 aliphatic rings. The maximum absolute atomic E-state index is 15.0. The SMILES string of the molecule is CCOC(=O)c1cnn(C2CN(c3cc(Cl)ccc3OCc3ccc(OC)cc3)CC(F)(F)C2)c1C(F)F. The highest BCUT2D eigenvalue weighted by Gasteiger charge is 2.44. The van der Waals surface area contributed by atoms with E-state index in [0.717, 1.165) is 16.4 Å². The first-order valence-corrected chi connectivity index (χ1v) is 12.2. The number of benzene rings is 2. The molecule has 204 valence electrons. The maximum Gasteiger partial charge on any atom is 0.341 e. The molecule has 0 radical (unpaired) electrons. The summed E-state index contributed by atoms with van der Waals surface area (Å²) in [5.41, 5.74) is -0.105. The van der Waals surface area contributed by atoms with E-state index in [9.17, 15) is 13.6 Å². The van der Waals surface area contributed by atoms with Crippen molar-refractivity contribution in [3.8, 4) is 11.5 Å². The number of hydrogen-bond donors (Lipinski definition) is 0. The van der Waals surface area contributed by atoms with Crippen molar-refractivity contribution in [3.05, 3.63) is 70.5 Å². The Kier molecular flexibility index (Phi) is 8.35. The van der Waals surface area contributed by atoms with E-state index >= 15 is 8.78 Å². The minimum Gasteiger partial charge on any atom is -0.497 e. The molecule has 1 aliphatic heterocycles. The van der Waals surface area contributed by atoms with Gasteiger partial charge in [0.1, 0.15) is 29.4 Å². The Morgan fingerprint density at radius 2 is 1.95 bits per heavy atom. The van der Waals surface area contributed by atoms with Crippen LogP contribution in [0, 0.1) is 0 Å². The number of nitrogens with zero attached hydrogens (tertiary/aromatic N) is 3. The number of hydrogen-bond acceptors (Lipinski definition) is 6. The molecule has 3 aromatic rings.